The highest BCUT2D eigenvalue weighted by atomic mass is 79.9. The average molecular weight is 631 g/mol. The third kappa shape index (κ3) is 5.51. The highest BCUT2D eigenvalue weighted by Crippen LogP contribution is 2.55. The first kappa shape index (κ1) is 30.4. The van der Waals surface area contributed by atoms with Gasteiger partial charge < -0.3 is 26.6 Å². The molecule has 1 unspecified atom stereocenters. The van der Waals surface area contributed by atoms with Crippen LogP contribution in [0.5, 0.6) is 0 Å². The molecule has 0 aromatic heterocycles. The summed E-state index contributed by atoms with van der Waals surface area (Å²) in [5, 5.41) is 3.07. The quantitative estimate of drug-likeness (QED) is 0.162. The molecule has 1 amide bonds. The van der Waals surface area contributed by atoms with E-state index < -0.39 is 30.5 Å². The number of nitrogens with zero attached hydrogens (tertiary/aromatic N) is 1. The molecule has 0 radical (unpaired) electrons. The zero-order valence-corrected chi connectivity index (χ0v) is 25.7. The van der Waals surface area contributed by atoms with Crippen LogP contribution >= 0.6 is 7.26 Å². The first-order valence-corrected chi connectivity index (χ1v) is 15.6. The number of ketones is 1. The topological polar surface area (TPSA) is 63.7 Å². The van der Waals surface area contributed by atoms with Gasteiger partial charge in [-0.1, -0.05) is 80.1 Å². The van der Waals surface area contributed by atoms with Gasteiger partial charge in [-0.3, -0.25) is 9.59 Å². The number of esters is 1. The van der Waals surface area contributed by atoms with Gasteiger partial charge in [0.25, 0.3) is 11.5 Å². The zero-order chi connectivity index (χ0) is 28.2. The minimum absolute atomic E-state index is 0. The van der Waals surface area contributed by atoms with E-state index in [-0.39, 0.29) is 29.6 Å². The lowest BCUT2D eigenvalue weighted by Crippen LogP contribution is -3.00. The van der Waals surface area contributed by atoms with Crippen LogP contribution in [0.4, 0.5) is 5.69 Å². The molecule has 0 saturated carbocycles. The smallest absolute Gasteiger partial charge is 0.346 e. The number of carbonyl (C=O) groups is 3. The van der Waals surface area contributed by atoms with Crippen molar-refractivity contribution in [1.29, 1.82) is 0 Å². The van der Waals surface area contributed by atoms with Crippen LogP contribution < -0.4 is 37.8 Å². The maximum Gasteiger partial charge on any atom is 0.346 e. The summed E-state index contributed by atoms with van der Waals surface area (Å²) >= 11 is 0. The van der Waals surface area contributed by atoms with Crippen molar-refractivity contribution in [2.24, 2.45) is 0 Å². The molecule has 1 heterocycles. The van der Waals surface area contributed by atoms with Crippen LogP contribution in [0.15, 0.2) is 115 Å². The third-order valence-electron chi connectivity index (χ3n) is 7.65. The number of carbonyl (C=O) groups excluding carboxylic acids is 3. The molecular weight excluding hydrogens is 597 g/mol. The maximum absolute atomic E-state index is 14.2. The van der Waals surface area contributed by atoms with Crippen LogP contribution in [0.3, 0.4) is 0 Å². The fourth-order valence-corrected chi connectivity index (χ4v) is 9.57. The summed E-state index contributed by atoms with van der Waals surface area (Å²) in [6.45, 7) is 1.99. The Morgan fingerprint density at radius 2 is 1.22 bits per heavy atom. The zero-order valence-electron chi connectivity index (χ0n) is 23.2. The molecule has 0 fully saturated rings. The Morgan fingerprint density at radius 1 is 0.756 bits per heavy atom. The number of ether oxygens (including phenoxy) is 1. The number of hydrogen-bond donors (Lipinski definition) is 0. The van der Waals surface area contributed by atoms with E-state index in [2.05, 4.69) is 36.4 Å². The van der Waals surface area contributed by atoms with E-state index in [9.17, 15) is 14.4 Å². The van der Waals surface area contributed by atoms with Gasteiger partial charge in [-0.15, -0.1) is 0 Å². The second-order valence-electron chi connectivity index (χ2n) is 10.1. The maximum atomic E-state index is 14.2. The first-order valence-electron chi connectivity index (χ1n) is 13.6. The SMILES string of the molecule is CCCCC1(OC(=O)C[P+](c2ccccc2)(c2ccccc2)c2ccccc2)C(=O)c2ccccc2N(C)C1=O.[Br-]. The molecule has 0 bridgehead atoms. The van der Waals surface area contributed by atoms with Crippen LogP contribution in [-0.4, -0.2) is 36.5 Å². The number of benzene rings is 4. The summed E-state index contributed by atoms with van der Waals surface area (Å²) in [6.07, 6.45) is 1.47. The van der Waals surface area contributed by atoms with E-state index in [1.54, 1.807) is 31.3 Å². The Morgan fingerprint density at radius 3 is 1.71 bits per heavy atom. The number of amides is 1. The third-order valence-corrected chi connectivity index (χ3v) is 11.9. The summed E-state index contributed by atoms with van der Waals surface area (Å²) in [5.74, 6) is -1.51. The number of Topliss-reactive ketones (excluding diaryl/α,β-unsaturated/α-hetero) is 1. The molecule has 0 spiro atoms. The van der Waals surface area contributed by atoms with Crippen LogP contribution in [-0.2, 0) is 14.3 Å². The van der Waals surface area contributed by atoms with Crippen LogP contribution in [0, 0.1) is 0 Å². The van der Waals surface area contributed by atoms with Crippen molar-refractivity contribution in [2.45, 2.75) is 31.8 Å². The Bertz CT molecular complexity index is 1420. The predicted molar refractivity (Wildman–Crippen MR) is 163 cm³/mol. The van der Waals surface area contributed by atoms with Crippen LogP contribution in [0.1, 0.15) is 36.5 Å². The van der Waals surface area contributed by atoms with Gasteiger partial charge in [-0.2, -0.15) is 0 Å². The van der Waals surface area contributed by atoms with Crippen molar-refractivity contribution < 1.29 is 36.1 Å². The summed E-state index contributed by atoms with van der Waals surface area (Å²) in [7, 11) is -0.928. The van der Waals surface area contributed by atoms with Gasteiger partial charge in [0.1, 0.15) is 23.2 Å². The van der Waals surface area contributed by atoms with Crippen molar-refractivity contribution in [2.75, 3.05) is 18.1 Å². The van der Waals surface area contributed by atoms with E-state index >= 15 is 0 Å². The standard InChI is InChI=1S/C34H33NO4P.BrH/c1-3-4-24-34(32(37)29-22-14-15-23-30(29)35(2)33(34)38)39-31(36)25-40(26-16-8-5-9-17-26,27-18-10-6-11-19-27)28-20-12-7-13-21-28;/h5-23H,3-4,24-25H2,1-2H3;1H/q+1;/p-1. The number of anilines is 1. The number of fused-ring (bicyclic) bond motifs is 1. The summed E-state index contributed by atoms with van der Waals surface area (Å²) in [6, 6.07) is 37.0. The molecule has 0 N–H and O–H groups in total. The number of unbranched alkanes of at least 4 members (excludes halogenated alkanes) is 1. The minimum atomic E-state index is -2.56. The lowest BCUT2D eigenvalue weighted by molar-refractivity contribution is -0.160. The molecular formula is C34H33BrNO4P. The van der Waals surface area contributed by atoms with E-state index in [0.717, 1.165) is 22.3 Å². The monoisotopic (exact) mass is 629 g/mol. The second kappa shape index (κ2) is 12.9. The molecule has 4 aromatic rings. The number of halogens is 1. The molecule has 1 aliphatic rings. The molecule has 1 atom stereocenters. The minimum Gasteiger partial charge on any atom is -1.00 e. The van der Waals surface area contributed by atoms with Crippen molar-refractivity contribution >= 4 is 46.5 Å². The van der Waals surface area contributed by atoms with Gasteiger partial charge in [0.15, 0.2) is 6.16 Å². The van der Waals surface area contributed by atoms with Gasteiger partial charge >= 0.3 is 5.97 Å². The molecule has 1 aliphatic heterocycles. The van der Waals surface area contributed by atoms with Gasteiger partial charge in [-0.25, -0.2) is 4.79 Å². The molecule has 41 heavy (non-hydrogen) atoms. The number of hydrogen-bond acceptors (Lipinski definition) is 4. The Labute approximate surface area is 252 Å². The molecule has 4 aromatic carbocycles. The largest absolute Gasteiger partial charge is 1.00 e. The highest BCUT2D eigenvalue weighted by Gasteiger charge is 2.57. The van der Waals surface area contributed by atoms with E-state index in [1.807, 2.05) is 61.5 Å². The van der Waals surface area contributed by atoms with E-state index in [4.69, 9.17) is 4.74 Å². The molecule has 5 rings (SSSR count). The fourth-order valence-electron chi connectivity index (χ4n) is 5.63. The average Bonchev–Trinajstić information content (AvgIpc) is 3.01. The molecule has 7 heteroatoms. The fraction of sp³-hybridized carbons (Fsp3) is 0.206. The van der Waals surface area contributed by atoms with Gasteiger partial charge in [0.05, 0.1) is 5.69 Å². The molecule has 5 nitrogen and oxygen atoms in total. The van der Waals surface area contributed by atoms with Crippen LogP contribution in [0.2, 0.25) is 0 Å². The van der Waals surface area contributed by atoms with Crippen molar-refractivity contribution in [3.63, 3.8) is 0 Å². The van der Waals surface area contributed by atoms with Crippen molar-refractivity contribution in [3.8, 4) is 0 Å². The lowest BCUT2D eigenvalue weighted by atomic mass is 9.82. The lowest BCUT2D eigenvalue weighted by Gasteiger charge is -2.39. The molecule has 210 valence electrons. The molecule has 0 aliphatic carbocycles. The second-order valence-corrected chi connectivity index (χ2v) is 13.6. The Hall–Kier alpha value is -3.60. The Kier molecular flexibility index (Phi) is 9.57. The number of likely N-dealkylation sites (N-methyl/N-ethyl adjacent to an activating group) is 1. The highest BCUT2D eigenvalue weighted by molar-refractivity contribution is 7.96. The van der Waals surface area contributed by atoms with E-state index in [0.29, 0.717) is 17.7 Å². The van der Waals surface area contributed by atoms with Gasteiger partial charge in [-0.05, 0) is 55.0 Å². The Balaban J connectivity index is 0.00000387. The summed E-state index contributed by atoms with van der Waals surface area (Å²) < 4.78 is 6.20. The van der Waals surface area contributed by atoms with Gasteiger partial charge in [0, 0.05) is 19.0 Å². The predicted octanol–water partition coefficient (Wildman–Crippen LogP) is 2.32. The number of rotatable bonds is 9. The van der Waals surface area contributed by atoms with Crippen LogP contribution in [0.25, 0.3) is 0 Å². The van der Waals surface area contributed by atoms with E-state index in [1.165, 1.54) is 4.90 Å². The first-order chi connectivity index (χ1) is 19.4. The van der Waals surface area contributed by atoms with Crippen molar-refractivity contribution in [3.05, 3.63) is 121 Å². The summed E-state index contributed by atoms with van der Waals surface area (Å²) in [4.78, 5) is 43.5. The van der Waals surface area contributed by atoms with Crippen molar-refractivity contribution in [1.82, 2.24) is 0 Å². The normalized spacial score (nSPS) is 16.5. The van der Waals surface area contributed by atoms with Gasteiger partial charge in [0.2, 0.25) is 5.78 Å². The summed E-state index contributed by atoms with van der Waals surface area (Å²) in [5.41, 5.74) is -0.972. The molecule has 0 saturated heterocycles. The number of para-hydroxylation sites is 1.